The highest BCUT2D eigenvalue weighted by Crippen LogP contribution is 2.40. The van der Waals surface area contributed by atoms with Crippen LogP contribution in [-0.2, 0) is 16.0 Å². The van der Waals surface area contributed by atoms with Gasteiger partial charge in [0.1, 0.15) is 0 Å². The van der Waals surface area contributed by atoms with Crippen LogP contribution in [0.15, 0.2) is 18.2 Å². The Morgan fingerprint density at radius 1 is 1.08 bits per heavy atom. The van der Waals surface area contributed by atoms with Crippen molar-refractivity contribution in [1.82, 2.24) is 5.32 Å². The first kappa shape index (κ1) is 33.1. The Bertz CT molecular complexity index is 855. The number of aliphatic hydroxyl groups excluding tert-OH is 1. The molecule has 1 aliphatic carbocycles. The number of hydrogen-bond acceptors (Lipinski definition) is 5. The van der Waals surface area contributed by atoms with Crippen LogP contribution in [0.4, 0.5) is 0 Å². The van der Waals surface area contributed by atoms with Gasteiger partial charge < -0.3 is 24.6 Å². The summed E-state index contributed by atoms with van der Waals surface area (Å²) in [5, 5.41) is 14.5. The molecule has 0 heterocycles. The molecule has 0 radical (unpaired) electrons. The number of hydrogen-bond donors (Lipinski definition) is 2. The van der Waals surface area contributed by atoms with Gasteiger partial charge in [0, 0.05) is 35.5 Å². The van der Waals surface area contributed by atoms with Gasteiger partial charge >= 0.3 is 0 Å². The Morgan fingerprint density at radius 3 is 2.32 bits per heavy atom. The molecule has 1 fully saturated rings. The minimum absolute atomic E-state index is 0.0634. The molecule has 7 heteroatoms. The fourth-order valence-electron chi connectivity index (χ4n) is 5.09. The van der Waals surface area contributed by atoms with Crippen LogP contribution in [0.25, 0.3) is 0 Å². The van der Waals surface area contributed by atoms with Crippen molar-refractivity contribution < 1.29 is 24.1 Å². The summed E-state index contributed by atoms with van der Waals surface area (Å²) in [6, 6.07) is 6.17. The van der Waals surface area contributed by atoms with Crippen molar-refractivity contribution in [2.45, 2.75) is 95.6 Å². The minimum Gasteiger partial charge on any atom is -0.493 e. The zero-order valence-corrected chi connectivity index (χ0v) is 27.0. The van der Waals surface area contributed by atoms with E-state index < -0.39 is 6.10 Å². The summed E-state index contributed by atoms with van der Waals surface area (Å²) in [4.78, 5) is 13.2. The molecule has 1 amide bonds. The number of alkyl halides is 1. The zero-order valence-electron chi connectivity index (χ0n) is 24.9. The van der Waals surface area contributed by atoms with Crippen LogP contribution in [0.5, 0.6) is 11.5 Å². The van der Waals surface area contributed by atoms with E-state index in [0.29, 0.717) is 37.4 Å². The Labute approximate surface area is 245 Å². The highest BCUT2D eigenvalue weighted by atomic mass is 127. The van der Waals surface area contributed by atoms with Crippen LogP contribution < -0.4 is 14.8 Å². The largest absolute Gasteiger partial charge is 0.493 e. The highest BCUT2D eigenvalue weighted by molar-refractivity contribution is 14.1. The van der Waals surface area contributed by atoms with Crippen LogP contribution in [0.1, 0.15) is 79.2 Å². The van der Waals surface area contributed by atoms with Crippen molar-refractivity contribution in [3.63, 3.8) is 0 Å². The average Bonchev–Trinajstić information content (AvgIpc) is 3.70. The van der Waals surface area contributed by atoms with Gasteiger partial charge in [0.25, 0.3) is 0 Å². The molecule has 1 aliphatic rings. The molecule has 6 nitrogen and oxygen atoms in total. The first-order chi connectivity index (χ1) is 17.9. The monoisotopic (exact) mass is 645 g/mol. The van der Waals surface area contributed by atoms with E-state index in [1.807, 2.05) is 6.07 Å². The third-order valence-electron chi connectivity index (χ3n) is 8.04. The molecule has 1 aromatic rings. The van der Waals surface area contributed by atoms with Gasteiger partial charge in [-0.25, -0.2) is 0 Å². The molecular weight excluding hydrogens is 593 g/mol. The predicted molar refractivity (Wildman–Crippen MR) is 163 cm³/mol. The van der Waals surface area contributed by atoms with E-state index in [2.05, 4.69) is 81.6 Å². The summed E-state index contributed by atoms with van der Waals surface area (Å²) in [6.45, 7) is 14.1. The number of carbonyl (C=O) groups excluding carboxylic acids is 1. The molecule has 1 saturated carbocycles. The second-order valence-corrected chi connectivity index (χ2v) is 13.9. The molecule has 0 aromatic heterocycles. The smallest absolute Gasteiger partial charge is 0.223 e. The number of carbonyl (C=O) groups is 1. The average molecular weight is 646 g/mol. The lowest BCUT2D eigenvalue weighted by atomic mass is 9.82. The highest BCUT2D eigenvalue weighted by Gasteiger charge is 2.40. The lowest BCUT2D eigenvalue weighted by Crippen LogP contribution is -2.49. The number of amides is 1. The Balaban J connectivity index is 2.02. The fraction of sp³-hybridized carbons (Fsp3) is 0.774. The van der Waals surface area contributed by atoms with Gasteiger partial charge in [-0.05, 0) is 87.3 Å². The first-order valence-electron chi connectivity index (χ1n) is 14.3. The number of benzene rings is 1. The minimum atomic E-state index is -0.533. The third kappa shape index (κ3) is 10.5. The molecule has 0 saturated heterocycles. The quantitative estimate of drug-likeness (QED) is 0.109. The number of rotatable bonds is 18. The predicted octanol–water partition coefficient (Wildman–Crippen LogP) is 6.45. The van der Waals surface area contributed by atoms with Crippen molar-refractivity contribution in [2.24, 2.45) is 29.6 Å². The lowest BCUT2D eigenvalue weighted by molar-refractivity contribution is -0.129. The van der Waals surface area contributed by atoms with E-state index >= 15 is 0 Å². The molecule has 218 valence electrons. The van der Waals surface area contributed by atoms with E-state index in [0.717, 1.165) is 30.8 Å². The SMILES string of the molecule is COCCCOc1cc(C[C@@H](C[C@H](I)[C@@H](O)C[C@H](C(=O)NC(C)(C)C2CC2)C(C)C)C(C)C)ccc1OC. The van der Waals surface area contributed by atoms with Crippen LogP contribution in [0.3, 0.4) is 0 Å². The maximum absolute atomic E-state index is 13.2. The van der Waals surface area contributed by atoms with Crippen LogP contribution in [0, 0.1) is 29.6 Å². The molecule has 2 rings (SSSR count). The summed E-state index contributed by atoms with van der Waals surface area (Å²) in [5.74, 6) is 2.96. The number of methoxy groups -OCH3 is 2. The fourth-order valence-corrected chi connectivity index (χ4v) is 6.04. The standard InChI is InChI=1S/C31H52INO5/c1-20(2)23(16-22-10-13-28(37-8)29(17-22)38-15-9-14-36-7)18-26(32)27(34)19-25(21(3)4)30(35)33-31(5,6)24-11-12-24/h10,13,17,20-21,23-27,34H,9,11-12,14-16,18-19H2,1-8H3,(H,33,35)/t23-,25-,26-,27-/m0/s1. The maximum Gasteiger partial charge on any atom is 0.223 e. The molecule has 1 aromatic carbocycles. The molecule has 0 aliphatic heterocycles. The molecule has 2 N–H and O–H groups in total. The summed E-state index contributed by atoms with van der Waals surface area (Å²) in [5.41, 5.74) is 1.03. The van der Waals surface area contributed by atoms with E-state index in [9.17, 15) is 9.90 Å². The molecule has 38 heavy (non-hydrogen) atoms. The molecule has 0 bridgehead atoms. The van der Waals surface area contributed by atoms with Crippen molar-refractivity contribution >= 4 is 28.5 Å². The van der Waals surface area contributed by atoms with Crippen molar-refractivity contribution in [3.8, 4) is 11.5 Å². The van der Waals surface area contributed by atoms with Crippen LogP contribution in [-0.4, -0.2) is 54.0 Å². The summed E-state index contributed by atoms with van der Waals surface area (Å²) in [7, 11) is 3.35. The zero-order chi connectivity index (χ0) is 28.5. The lowest BCUT2D eigenvalue weighted by Gasteiger charge is -2.32. The topological polar surface area (TPSA) is 77.0 Å². The Morgan fingerprint density at radius 2 is 1.76 bits per heavy atom. The van der Waals surface area contributed by atoms with Gasteiger partial charge in [0.05, 0.1) is 19.8 Å². The number of halogens is 1. The van der Waals surface area contributed by atoms with Gasteiger partial charge in [-0.2, -0.15) is 0 Å². The van der Waals surface area contributed by atoms with Gasteiger partial charge in [-0.15, -0.1) is 0 Å². The molecule has 4 atom stereocenters. The third-order valence-corrected chi connectivity index (χ3v) is 9.38. The maximum atomic E-state index is 13.2. The summed E-state index contributed by atoms with van der Waals surface area (Å²) < 4.78 is 16.7. The van der Waals surface area contributed by atoms with Crippen molar-refractivity contribution in [2.75, 3.05) is 27.4 Å². The summed E-state index contributed by atoms with van der Waals surface area (Å²) >= 11 is 2.39. The number of ether oxygens (including phenoxy) is 3. The van der Waals surface area contributed by atoms with Gasteiger partial charge in [0.15, 0.2) is 11.5 Å². The van der Waals surface area contributed by atoms with E-state index in [1.54, 1.807) is 14.2 Å². The first-order valence-corrected chi connectivity index (χ1v) is 15.6. The molecule has 0 unspecified atom stereocenters. The second kappa shape index (κ2) is 15.7. The van der Waals surface area contributed by atoms with E-state index in [4.69, 9.17) is 14.2 Å². The van der Waals surface area contributed by atoms with Crippen molar-refractivity contribution in [1.29, 1.82) is 0 Å². The number of aliphatic hydroxyl groups is 1. The normalized spacial score (nSPS) is 17.3. The summed E-state index contributed by atoms with van der Waals surface area (Å²) in [6.07, 6.45) is 4.93. The van der Waals surface area contributed by atoms with Gasteiger partial charge in [0.2, 0.25) is 5.91 Å². The van der Waals surface area contributed by atoms with E-state index in [-0.39, 0.29) is 27.2 Å². The molecular formula is C31H52INO5. The van der Waals surface area contributed by atoms with E-state index in [1.165, 1.54) is 18.4 Å². The van der Waals surface area contributed by atoms with Gasteiger partial charge in [-0.1, -0.05) is 56.4 Å². The molecule has 0 spiro atoms. The van der Waals surface area contributed by atoms with Crippen molar-refractivity contribution in [3.05, 3.63) is 23.8 Å². The number of nitrogens with one attached hydrogen (secondary N) is 1. The second-order valence-electron chi connectivity index (χ2n) is 12.3. The van der Waals surface area contributed by atoms with Crippen LogP contribution >= 0.6 is 22.6 Å². The Kier molecular flexibility index (Phi) is 13.7. The Hall–Kier alpha value is -1.06. The van der Waals surface area contributed by atoms with Crippen LogP contribution in [0.2, 0.25) is 0 Å². The van der Waals surface area contributed by atoms with Gasteiger partial charge in [-0.3, -0.25) is 4.79 Å².